The van der Waals surface area contributed by atoms with Crippen molar-refractivity contribution in [3.8, 4) is 0 Å². The summed E-state index contributed by atoms with van der Waals surface area (Å²) in [5.41, 5.74) is 2.07. The highest BCUT2D eigenvalue weighted by Gasteiger charge is 2.05. The molecule has 0 aliphatic carbocycles. The molecule has 0 fully saturated rings. The Hall–Kier alpha value is -2.13. The molecule has 3 rings (SSSR count). The molecule has 2 heterocycles. The highest BCUT2D eigenvalue weighted by molar-refractivity contribution is 5.78. The van der Waals surface area contributed by atoms with E-state index in [-0.39, 0.29) is 0 Å². The molecule has 0 aliphatic heterocycles. The van der Waals surface area contributed by atoms with Gasteiger partial charge in [-0.3, -0.25) is 4.98 Å². The Balaban J connectivity index is 1.70. The van der Waals surface area contributed by atoms with E-state index in [4.69, 9.17) is 4.42 Å². The van der Waals surface area contributed by atoms with Crippen LogP contribution in [0.3, 0.4) is 0 Å². The maximum absolute atomic E-state index is 5.84. The van der Waals surface area contributed by atoms with Crippen LogP contribution in [0.25, 0.3) is 10.9 Å². The van der Waals surface area contributed by atoms with Gasteiger partial charge in [-0.05, 0) is 37.2 Å². The number of rotatable bonds is 6. The Bertz CT molecular complexity index is 718. The molecule has 3 heteroatoms. The molecule has 0 unspecified atom stereocenters. The number of fused-ring (bicyclic) bond motifs is 1. The molecule has 108 valence electrons. The largest absolute Gasteiger partial charge is 0.464 e. The topological polar surface area (TPSA) is 38.1 Å². The van der Waals surface area contributed by atoms with E-state index >= 15 is 0 Å². The number of pyridine rings is 1. The minimum Gasteiger partial charge on any atom is -0.464 e. The van der Waals surface area contributed by atoms with Crippen molar-refractivity contribution in [2.75, 3.05) is 6.54 Å². The molecule has 3 nitrogen and oxygen atoms in total. The van der Waals surface area contributed by atoms with Gasteiger partial charge in [-0.2, -0.15) is 0 Å². The highest BCUT2D eigenvalue weighted by Crippen LogP contribution is 2.16. The van der Waals surface area contributed by atoms with Crippen molar-refractivity contribution in [3.63, 3.8) is 0 Å². The molecule has 0 amide bonds. The number of benzene rings is 1. The van der Waals surface area contributed by atoms with Gasteiger partial charge in [-0.15, -0.1) is 0 Å². The van der Waals surface area contributed by atoms with E-state index in [2.05, 4.69) is 35.4 Å². The third-order valence-electron chi connectivity index (χ3n) is 3.45. The van der Waals surface area contributed by atoms with Crippen LogP contribution in [0.5, 0.6) is 0 Å². The van der Waals surface area contributed by atoms with Crippen LogP contribution in [0.2, 0.25) is 0 Å². The van der Waals surface area contributed by atoms with Crippen LogP contribution in [-0.4, -0.2) is 11.5 Å². The molecule has 0 aliphatic rings. The van der Waals surface area contributed by atoms with Crippen molar-refractivity contribution in [2.24, 2.45) is 0 Å². The molecule has 21 heavy (non-hydrogen) atoms. The zero-order valence-corrected chi connectivity index (χ0v) is 12.3. The van der Waals surface area contributed by atoms with Gasteiger partial charge in [0.2, 0.25) is 0 Å². The lowest BCUT2D eigenvalue weighted by Crippen LogP contribution is -2.13. The summed E-state index contributed by atoms with van der Waals surface area (Å²) in [5.74, 6) is 1.95. The highest BCUT2D eigenvalue weighted by atomic mass is 16.3. The average Bonchev–Trinajstić information content (AvgIpc) is 2.95. The summed E-state index contributed by atoms with van der Waals surface area (Å²) < 4.78 is 5.84. The van der Waals surface area contributed by atoms with Gasteiger partial charge in [0, 0.05) is 17.5 Å². The molecule has 0 saturated carbocycles. The van der Waals surface area contributed by atoms with Gasteiger partial charge in [0.05, 0.1) is 12.1 Å². The molecule has 1 N–H and O–H groups in total. The standard InChI is InChI=1S/C18H20N2O/c1-2-11-19-13-17-10-9-16(21-17)12-15-8-7-14-5-3-4-6-18(14)20-15/h3-10,19H,2,11-13H2,1H3. The fourth-order valence-corrected chi connectivity index (χ4v) is 2.39. The first-order chi connectivity index (χ1) is 10.3. The van der Waals surface area contributed by atoms with Crippen LogP contribution in [0.4, 0.5) is 0 Å². The summed E-state index contributed by atoms with van der Waals surface area (Å²) in [6, 6.07) is 16.4. The van der Waals surface area contributed by atoms with Crippen LogP contribution in [0.15, 0.2) is 52.9 Å². The average molecular weight is 280 g/mol. The van der Waals surface area contributed by atoms with Crippen LogP contribution < -0.4 is 5.32 Å². The molecular formula is C18H20N2O. The van der Waals surface area contributed by atoms with Crippen molar-refractivity contribution in [2.45, 2.75) is 26.3 Å². The van der Waals surface area contributed by atoms with Crippen LogP contribution in [0.1, 0.15) is 30.6 Å². The molecule has 1 aromatic carbocycles. The van der Waals surface area contributed by atoms with Crippen LogP contribution in [0, 0.1) is 0 Å². The van der Waals surface area contributed by atoms with Gasteiger partial charge in [0.1, 0.15) is 11.5 Å². The van der Waals surface area contributed by atoms with E-state index < -0.39 is 0 Å². The lowest BCUT2D eigenvalue weighted by Gasteiger charge is -2.02. The Morgan fingerprint density at radius 3 is 2.76 bits per heavy atom. The Morgan fingerprint density at radius 2 is 1.86 bits per heavy atom. The van der Waals surface area contributed by atoms with E-state index in [0.717, 1.165) is 48.7 Å². The lowest BCUT2D eigenvalue weighted by atomic mass is 10.1. The lowest BCUT2D eigenvalue weighted by molar-refractivity contribution is 0.453. The molecule has 3 aromatic rings. The van der Waals surface area contributed by atoms with E-state index in [1.807, 2.05) is 30.3 Å². The maximum atomic E-state index is 5.84. The van der Waals surface area contributed by atoms with Gasteiger partial charge in [-0.1, -0.05) is 31.2 Å². The summed E-state index contributed by atoms with van der Waals surface area (Å²) in [7, 11) is 0. The Labute approximate surface area is 125 Å². The smallest absolute Gasteiger partial charge is 0.117 e. The van der Waals surface area contributed by atoms with E-state index in [1.54, 1.807) is 0 Å². The third kappa shape index (κ3) is 3.50. The molecule has 0 spiro atoms. The fourth-order valence-electron chi connectivity index (χ4n) is 2.39. The third-order valence-corrected chi connectivity index (χ3v) is 3.45. The minimum atomic E-state index is 0.735. The Kier molecular flexibility index (Phi) is 4.31. The molecule has 0 atom stereocenters. The van der Waals surface area contributed by atoms with Crippen LogP contribution in [-0.2, 0) is 13.0 Å². The number of hydrogen-bond donors (Lipinski definition) is 1. The number of para-hydroxylation sites is 1. The van der Waals surface area contributed by atoms with E-state index in [0.29, 0.717) is 0 Å². The first-order valence-electron chi connectivity index (χ1n) is 7.48. The second-order valence-corrected chi connectivity index (χ2v) is 5.22. The minimum absolute atomic E-state index is 0.735. The molecular weight excluding hydrogens is 260 g/mol. The second-order valence-electron chi connectivity index (χ2n) is 5.22. The van der Waals surface area contributed by atoms with Crippen molar-refractivity contribution in [1.29, 1.82) is 0 Å². The number of nitrogens with zero attached hydrogens (tertiary/aromatic N) is 1. The monoisotopic (exact) mass is 280 g/mol. The summed E-state index contributed by atoms with van der Waals surface area (Å²) >= 11 is 0. The quantitative estimate of drug-likeness (QED) is 0.695. The predicted molar refractivity (Wildman–Crippen MR) is 85.3 cm³/mol. The van der Waals surface area contributed by atoms with Crippen molar-refractivity contribution in [3.05, 3.63) is 65.7 Å². The van der Waals surface area contributed by atoms with Gasteiger partial charge in [-0.25, -0.2) is 0 Å². The van der Waals surface area contributed by atoms with Crippen LogP contribution >= 0.6 is 0 Å². The van der Waals surface area contributed by atoms with Gasteiger partial charge in [0.15, 0.2) is 0 Å². The van der Waals surface area contributed by atoms with E-state index in [9.17, 15) is 0 Å². The van der Waals surface area contributed by atoms with E-state index in [1.165, 1.54) is 5.39 Å². The number of nitrogens with one attached hydrogen (secondary N) is 1. The Morgan fingerprint density at radius 1 is 1.00 bits per heavy atom. The summed E-state index contributed by atoms with van der Waals surface area (Å²) in [6.45, 7) is 3.97. The zero-order chi connectivity index (χ0) is 14.5. The van der Waals surface area contributed by atoms with Crippen molar-refractivity contribution >= 4 is 10.9 Å². The first kappa shape index (κ1) is 13.8. The molecule has 0 radical (unpaired) electrons. The summed E-state index contributed by atoms with van der Waals surface area (Å²) in [6.07, 6.45) is 1.87. The molecule has 2 aromatic heterocycles. The number of aromatic nitrogens is 1. The zero-order valence-electron chi connectivity index (χ0n) is 12.3. The summed E-state index contributed by atoms with van der Waals surface area (Å²) in [4.78, 5) is 4.68. The predicted octanol–water partition coefficient (Wildman–Crippen LogP) is 3.92. The van der Waals surface area contributed by atoms with Crippen molar-refractivity contribution in [1.82, 2.24) is 10.3 Å². The SMILES string of the molecule is CCCNCc1ccc(Cc2ccc3ccccc3n2)o1. The number of hydrogen-bond acceptors (Lipinski definition) is 3. The molecule has 0 saturated heterocycles. The van der Waals surface area contributed by atoms with Gasteiger partial charge < -0.3 is 9.73 Å². The molecule has 0 bridgehead atoms. The summed E-state index contributed by atoms with van der Waals surface area (Å²) in [5, 5.41) is 4.51. The van der Waals surface area contributed by atoms with Gasteiger partial charge >= 0.3 is 0 Å². The van der Waals surface area contributed by atoms with Crippen molar-refractivity contribution < 1.29 is 4.42 Å². The number of furan rings is 1. The second kappa shape index (κ2) is 6.55. The normalized spacial score (nSPS) is 11.1. The fraction of sp³-hybridized carbons (Fsp3) is 0.278. The first-order valence-corrected chi connectivity index (χ1v) is 7.48. The maximum Gasteiger partial charge on any atom is 0.117 e. The van der Waals surface area contributed by atoms with Gasteiger partial charge in [0.25, 0.3) is 0 Å².